The minimum Gasteiger partial charge on any atom is -0.494 e. The van der Waals surface area contributed by atoms with Gasteiger partial charge in [-0.2, -0.15) is 0 Å². The maximum atomic E-state index is 5.42. The maximum Gasteiger partial charge on any atom is 0.186 e. The van der Waals surface area contributed by atoms with Gasteiger partial charge in [-0.3, -0.25) is 0 Å². The number of aryl methyl sites for hydroxylation is 1. The summed E-state index contributed by atoms with van der Waals surface area (Å²) in [6, 6.07) is 4.11. The Hall–Kier alpha value is -1.33. The molecule has 0 spiro atoms. The molecule has 1 aliphatic heterocycles. The second kappa shape index (κ2) is 4.98. The third-order valence-electron chi connectivity index (χ3n) is 3.69. The minimum atomic E-state index is 0.872. The van der Waals surface area contributed by atoms with Crippen LogP contribution in [0.2, 0.25) is 0 Å². The van der Waals surface area contributed by atoms with Crippen molar-refractivity contribution in [1.82, 2.24) is 9.88 Å². The Labute approximate surface area is 117 Å². The highest BCUT2D eigenvalue weighted by atomic mass is 32.1. The van der Waals surface area contributed by atoms with Crippen LogP contribution in [0.5, 0.6) is 5.75 Å². The van der Waals surface area contributed by atoms with E-state index in [2.05, 4.69) is 29.8 Å². The zero-order valence-electron chi connectivity index (χ0n) is 11.6. The highest BCUT2D eigenvalue weighted by molar-refractivity contribution is 7.22. The van der Waals surface area contributed by atoms with Crippen LogP contribution in [-0.4, -0.2) is 50.2 Å². The average Bonchev–Trinajstić information content (AvgIpc) is 2.86. The molecule has 1 aliphatic rings. The summed E-state index contributed by atoms with van der Waals surface area (Å²) in [5, 5.41) is 1.12. The van der Waals surface area contributed by atoms with Crippen molar-refractivity contribution in [3.63, 3.8) is 0 Å². The summed E-state index contributed by atoms with van der Waals surface area (Å²) >= 11 is 1.78. The quantitative estimate of drug-likeness (QED) is 0.842. The number of benzene rings is 1. The van der Waals surface area contributed by atoms with Crippen molar-refractivity contribution in [3.8, 4) is 5.75 Å². The number of hydrogen-bond donors (Lipinski definition) is 0. The topological polar surface area (TPSA) is 28.6 Å². The van der Waals surface area contributed by atoms with E-state index in [9.17, 15) is 0 Å². The first kappa shape index (κ1) is 12.7. The molecule has 1 aromatic carbocycles. The Balaban J connectivity index is 1.99. The van der Waals surface area contributed by atoms with Gasteiger partial charge in [0.05, 0.1) is 11.8 Å². The molecule has 3 rings (SSSR count). The lowest BCUT2D eigenvalue weighted by Gasteiger charge is -2.32. The van der Waals surface area contributed by atoms with E-state index in [1.165, 1.54) is 10.3 Å². The van der Waals surface area contributed by atoms with E-state index < -0.39 is 0 Å². The van der Waals surface area contributed by atoms with Gasteiger partial charge in [0.25, 0.3) is 0 Å². The molecule has 0 saturated carbocycles. The van der Waals surface area contributed by atoms with Crippen molar-refractivity contribution < 1.29 is 4.74 Å². The number of rotatable bonds is 2. The standard InChI is InChI=1S/C14H19N3OS/c1-10-4-5-11(18-3)12-13(10)19-14(15-12)17-8-6-16(2)7-9-17/h4-5H,6-9H2,1-3H3. The van der Waals surface area contributed by atoms with Crippen LogP contribution in [0.4, 0.5) is 5.13 Å². The predicted molar refractivity (Wildman–Crippen MR) is 80.6 cm³/mol. The van der Waals surface area contributed by atoms with Crippen molar-refractivity contribution in [2.75, 3.05) is 45.2 Å². The van der Waals surface area contributed by atoms with Crippen molar-refractivity contribution in [1.29, 1.82) is 0 Å². The molecule has 0 atom stereocenters. The second-order valence-corrected chi connectivity index (χ2v) is 6.03. The van der Waals surface area contributed by atoms with Gasteiger partial charge in [0.1, 0.15) is 11.3 Å². The van der Waals surface area contributed by atoms with Crippen LogP contribution in [0.3, 0.4) is 0 Å². The zero-order valence-corrected chi connectivity index (χ0v) is 12.5. The monoisotopic (exact) mass is 277 g/mol. The van der Waals surface area contributed by atoms with E-state index in [0.717, 1.165) is 42.6 Å². The molecule has 0 N–H and O–H groups in total. The largest absolute Gasteiger partial charge is 0.494 e. The number of ether oxygens (including phenoxy) is 1. The van der Waals surface area contributed by atoms with Crippen LogP contribution >= 0.6 is 11.3 Å². The van der Waals surface area contributed by atoms with E-state index in [1.807, 2.05) is 6.07 Å². The van der Waals surface area contributed by atoms with Crippen molar-refractivity contribution in [2.24, 2.45) is 0 Å². The van der Waals surface area contributed by atoms with Gasteiger partial charge in [-0.05, 0) is 25.6 Å². The number of likely N-dealkylation sites (N-methyl/N-ethyl adjacent to an activating group) is 1. The third kappa shape index (κ3) is 2.28. The lowest BCUT2D eigenvalue weighted by atomic mass is 10.2. The molecule has 102 valence electrons. The van der Waals surface area contributed by atoms with Gasteiger partial charge in [0.15, 0.2) is 5.13 Å². The van der Waals surface area contributed by atoms with Gasteiger partial charge in [0, 0.05) is 26.2 Å². The lowest BCUT2D eigenvalue weighted by molar-refractivity contribution is 0.313. The molecule has 0 bridgehead atoms. The first-order valence-electron chi connectivity index (χ1n) is 6.56. The van der Waals surface area contributed by atoms with Crippen LogP contribution in [0.15, 0.2) is 12.1 Å². The molecule has 1 aromatic heterocycles. The molecule has 0 aliphatic carbocycles. The average molecular weight is 277 g/mol. The fraction of sp³-hybridized carbons (Fsp3) is 0.500. The summed E-state index contributed by atoms with van der Waals surface area (Å²) in [5.41, 5.74) is 2.27. The highest BCUT2D eigenvalue weighted by Crippen LogP contribution is 2.36. The number of aromatic nitrogens is 1. The maximum absolute atomic E-state index is 5.42. The Morgan fingerprint density at radius 3 is 2.63 bits per heavy atom. The molecule has 1 saturated heterocycles. The normalized spacial score (nSPS) is 17.1. The van der Waals surface area contributed by atoms with E-state index in [4.69, 9.17) is 9.72 Å². The number of nitrogens with zero attached hydrogens (tertiary/aromatic N) is 3. The Morgan fingerprint density at radius 2 is 1.95 bits per heavy atom. The van der Waals surface area contributed by atoms with E-state index >= 15 is 0 Å². The smallest absolute Gasteiger partial charge is 0.186 e. The molecule has 0 amide bonds. The Bertz CT molecular complexity index is 588. The van der Waals surface area contributed by atoms with E-state index in [1.54, 1.807) is 18.4 Å². The number of methoxy groups -OCH3 is 1. The minimum absolute atomic E-state index is 0.872. The van der Waals surface area contributed by atoms with Gasteiger partial charge >= 0.3 is 0 Å². The van der Waals surface area contributed by atoms with Crippen molar-refractivity contribution in [3.05, 3.63) is 17.7 Å². The van der Waals surface area contributed by atoms with Crippen LogP contribution in [0, 0.1) is 6.92 Å². The van der Waals surface area contributed by atoms with Crippen molar-refractivity contribution >= 4 is 26.7 Å². The number of thiazole rings is 1. The van der Waals surface area contributed by atoms with Gasteiger partial charge in [-0.15, -0.1) is 0 Å². The number of hydrogen-bond acceptors (Lipinski definition) is 5. The third-order valence-corrected chi connectivity index (χ3v) is 4.94. The molecular weight excluding hydrogens is 258 g/mol. The van der Waals surface area contributed by atoms with Crippen molar-refractivity contribution in [2.45, 2.75) is 6.92 Å². The fourth-order valence-electron chi connectivity index (χ4n) is 2.40. The van der Waals surface area contributed by atoms with Gasteiger partial charge in [0.2, 0.25) is 0 Å². The van der Waals surface area contributed by atoms with Crippen LogP contribution in [-0.2, 0) is 0 Å². The van der Waals surface area contributed by atoms with E-state index in [0.29, 0.717) is 0 Å². The first-order valence-corrected chi connectivity index (χ1v) is 7.38. The summed E-state index contributed by atoms with van der Waals surface area (Å²) < 4.78 is 6.66. The summed E-state index contributed by atoms with van der Waals surface area (Å²) in [4.78, 5) is 9.53. The van der Waals surface area contributed by atoms with Crippen LogP contribution in [0.25, 0.3) is 10.2 Å². The molecule has 2 heterocycles. The molecule has 0 radical (unpaired) electrons. The molecule has 4 nitrogen and oxygen atoms in total. The summed E-state index contributed by atoms with van der Waals surface area (Å²) in [6.07, 6.45) is 0. The van der Waals surface area contributed by atoms with Crippen LogP contribution < -0.4 is 9.64 Å². The summed E-state index contributed by atoms with van der Waals surface area (Å²) in [6.45, 7) is 6.45. The first-order chi connectivity index (χ1) is 9.19. The number of anilines is 1. The fourth-order valence-corrected chi connectivity index (χ4v) is 3.50. The zero-order chi connectivity index (χ0) is 13.4. The summed E-state index contributed by atoms with van der Waals surface area (Å²) in [7, 11) is 3.88. The molecule has 2 aromatic rings. The lowest BCUT2D eigenvalue weighted by Crippen LogP contribution is -2.44. The SMILES string of the molecule is COc1ccc(C)c2sc(N3CCN(C)CC3)nc12. The molecule has 1 fully saturated rings. The van der Waals surface area contributed by atoms with Crippen LogP contribution in [0.1, 0.15) is 5.56 Å². The number of piperazine rings is 1. The molecule has 5 heteroatoms. The molecule has 19 heavy (non-hydrogen) atoms. The Kier molecular flexibility index (Phi) is 3.33. The predicted octanol–water partition coefficient (Wildman–Crippen LogP) is 2.37. The Morgan fingerprint density at radius 1 is 1.21 bits per heavy atom. The molecule has 0 unspecified atom stereocenters. The molecular formula is C14H19N3OS. The highest BCUT2D eigenvalue weighted by Gasteiger charge is 2.19. The summed E-state index contributed by atoms with van der Waals surface area (Å²) in [5.74, 6) is 0.872. The van der Waals surface area contributed by atoms with Gasteiger partial charge < -0.3 is 14.5 Å². The van der Waals surface area contributed by atoms with E-state index in [-0.39, 0.29) is 0 Å². The number of fused-ring (bicyclic) bond motifs is 1. The van der Waals surface area contributed by atoms with Gasteiger partial charge in [-0.25, -0.2) is 4.98 Å². The van der Waals surface area contributed by atoms with Gasteiger partial charge in [-0.1, -0.05) is 17.4 Å². The second-order valence-electron chi connectivity index (χ2n) is 5.05.